The highest BCUT2D eigenvalue weighted by atomic mass is 35.5. The Morgan fingerprint density at radius 3 is 2.58 bits per heavy atom. The normalized spacial score (nSPS) is 10.4. The monoisotopic (exact) mass is 356 g/mol. The van der Waals surface area contributed by atoms with Gasteiger partial charge in [0.25, 0.3) is 0 Å². The molecule has 0 radical (unpaired) electrons. The van der Waals surface area contributed by atoms with Crippen LogP contribution in [-0.4, -0.2) is 14.9 Å². The maximum Gasteiger partial charge on any atom is 0.176 e. The van der Waals surface area contributed by atoms with E-state index in [-0.39, 0.29) is 0 Å². The lowest BCUT2D eigenvalue weighted by molar-refractivity contribution is 0.690. The number of rotatable bonds is 4. The molecule has 3 aromatic rings. The third kappa shape index (κ3) is 4.34. The van der Waals surface area contributed by atoms with Crippen LogP contribution < -0.4 is 10.6 Å². The first-order valence-electron chi connectivity index (χ1n) is 7.52. The molecule has 2 N–H and O–H groups in total. The molecule has 0 bridgehead atoms. The first-order valence-corrected chi connectivity index (χ1v) is 8.30. The molecule has 4 nitrogen and oxygen atoms in total. The van der Waals surface area contributed by atoms with Crippen molar-refractivity contribution in [1.82, 2.24) is 9.78 Å². The maximum atomic E-state index is 5.90. The van der Waals surface area contributed by atoms with E-state index in [0.717, 1.165) is 21.8 Å². The van der Waals surface area contributed by atoms with E-state index in [1.165, 1.54) is 0 Å². The van der Waals surface area contributed by atoms with Crippen molar-refractivity contribution in [2.75, 3.05) is 10.6 Å². The lowest BCUT2D eigenvalue weighted by atomic mass is 10.2. The second-order valence-corrected chi connectivity index (χ2v) is 6.26. The second kappa shape index (κ2) is 7.47. The molecule has 1 heterocycles. The molecule has 1 aromatic heterocycles. The lowest BCUT2D eigenvalue weighted by Gasteiger charge is -2.10. The molecule has 0 saturated carbocycles. The minimum atomic E-state index is 0.515. The van der Waals surface area contributed by atoms with Crippen molar-refractivity contribution in [2.24, 2.45) is 0 Å². The van der Waals surface area contributed by atoms with Gasteiger partial charge in [-0.25, -0.2) is 0 Å². The van der Waals surface area contributed by atoms with Crippen molar-refractivity contribution < 1.29 is 0 Å². The average Bonchev–Trinajstić information content (AvgIpc) is 2.99. The van der Waals surface area contributed by atoms with E-state index in [0.29, 0.717) is 17.5 Å². The van der Waals surface area contributed by atoms with Crippen LogP contribution in [0.15, 0.2) is 60.8 Å². The molecule has 0 atom stereocenters. The Hall–Kier alpha value is -2.37. The average molecular weight is 357 g/mol. The topological polar surface area (TPSA) is 41.9 Å². The van der Waals surface area contributed by atoms with E-state index in [4.69, 9.17) is 23.8 Å². The number of nitrogens with zero attached hydrogens (tertiary/aromatic N) is 2. The number of hydrogen-bond acceptors (Lipinski definition) is 2. The predicted octanol–water partition coefficient (Wildman–Crippen LogP) is 4.70. The zero-order chi connectivity index (χ0) is 16.9. The minimum absolute atomic E-state index is 0.515. The molecule has 0 amide bonds. The van der Waals surface area contributed by atoms with Gasteiger partial charge in [0.05, 0.1) is 6.54 Å². The van der Waals surface area contributed by atoms with Crippen molar-refractivity contribution in [3.05, 3.63) is 76.9 Å². The Morgan fingerprint density at radius 2 is 1.83 bits per heavy atom. The number of benzene rings is 2. The molecule has 0 aliphatic rings. The van der Waals surface area contributed by atoms with Crippen LogP contribution in [0, 0.1) is 6.92 Å². The summed E-state index contributed by atoms with van der Waals surface area (Å²) in [5.41, 5.74) is 3.25. The number of thiocarbonyl (C=S) groups is 1. The standard InChI is InChI=1S/C18H17ClN4S/c1-13-4-2-3-5-16(13)20-18(24)21-17-10-11-23(22-17)12-14-6-8-15(19)9-7-14/h2-11H,12H2,1H3,(H2,20,21,22,24). The molecule has 0 aliphatic heterocycles. The Morgan fingerprint density at radius 1 is 1.08 bits per heavy atom. The third-order valence-electron chi connectivity index (χ3n) is 3.53. The van der Waals surface area contributed by atoms with Crippen molar-refractivity contribution in [3.63, 3.8) is 0 Å². The summed E-state index contributed by atoms with van der Waals surface area (Å²) >= 11 is 11.2. The number of aromatic nitrogens is 2. The number of para-hydroxylation sites is 1. The van der Waals surface area contributed by atoms with Gasteiger partial charge in [0, 0.05) is 23.0 Å². The Labute approximate surface area is 151 Å². The van der Waals surface area contributed by atoms with Crippen molar-refractivity contribution in [1.29, 1.82) is 0 Å². The van der Waals surface area contributed by atoms with E-state index in [1.807, 2.05) is 72.4 Å². The number of aryl methyl sites for hydroxylation is 1. The molecule has 24 heavy (non-hydrogen) atoms. The fourth-order valence-electron chi connectivity index (χ4n) is 2.28. The molecule has 0 aliphatic carbocycles. The summed E-state index contributed by atoms with van der Waals surface area (Å²) < 4.78 is 1.85. The highest BCUT2D eigenvalue weighted by Gasteiger charge is 2.04. The number of nitrogens with one attached hydrogen (secondary N) is 2. The van der Waals surface area contributed by atoms with Crippen molar-refractivity contribution in [3.8, 4) is 0 Å². The quantitative estimate of drug-likeness (QED) is 0.665. The zero-order valence-corrected chi connectivity index (χ0v) is 14.7. The van der Waals surface area contributed by atoms with Gasteiger partial charge >= 0.3 is 0 Å². The molecule has 0 fully saturated rings. The van der Waals surface area contributed by atoms with Crippen LogP contribution in [0.2, 0.25) is 5.02 Å². The SMILES string of the molecule is Cc1ccccc1NC(=S)Nc1ccn(Cc2ccc(Cl)cc2)n1. The number of hydrogen-bond donors (Lipinski definition) is 2. The first kappa shape index (κ1) is 16.5. The van der Waals surface area contributed by atoms with Gasteiger partial charge in [0.15, 0.2) is 10.9 Å². The molecule has 3 rings (SSSR count). The van der Waals surface area contributed by atoms with E-state index in [9.17, 15) is 0 Å². The molecule has 6 heteroatoms. The van der Waals surface area contributed by atoms with Gasteiger partial charge in [0.1, 0.15) is 0 Å². The highest BCUT2D eigenvalue weighted by Crippen LogP contribution is 2.14. The largest absolute Gasteiger partial charge is 0.332 e. The van der Waals surface area contributed by atoms with Crippen molar-refractivity contribution >= 4 is 40.4 Å². The van der Waals surface area contributed by atoms with E-state index >= 15 is 0 Å². The fraction of sp³-hybridized carbons (Fsp3) is 0.111. The summed E-state index contributed by atoms with van der Waals surface area (Å²) in [7, 11) is 0. The van der Waals surface area contributed by atoms with Crippen LogP contribution in [0.5, 0.6) is 0 Å². The number of halogens is 1. The van der Waals surface area contributed by atoms with Gasteiger partial charge in [-0.05, 0) is 48.5 Å². The first-order chi connectivity index (χ1) is 11.6. The van der Waals surface area contributed by atoms with Crippen LogP contribution in [0.4, 0.5) is 11.5 Å². The molecule has 122 valence electrons. The Bertz CT molecular complexity index is 842. The second-order valence-electron chi connectivity index (χ2n) is 5.42. The molecular formula is C18H17ClN4S. The molecule has 0 saturated heterocycles. The summed E-state index contributed by atoms with van der Waals surface area (Å²) in [5.74, 6) is 0.704. The predicted molar refractivity (Wildman–Crippen MR) is 104 cm³/mol. The summed E-state index contributed by atoms with van der Waals surface area (Å²) in [4.78, 5) is 0. The van der Waals surface area contributed by atoms with Gasteiger partial charge in [-0.2, -0.15) is 5.10 Å². The lowest BCUT2D eigenvalue weighted by Crippen LogP contribution is -2.20. The Balaban J connectivity index is 1.60. The van der Waals surface area contributed by atoms with Crippen LogP contribution in [-0.2, 0) is 6.54 Å². The molecular weight excluding hydrogens is 340 g/mol. The van der Waals surface area contributed by atoms with Gasteiger partial charge in [-0.15, -0.1) is 0 Å². The van der Waals surface area contributed by atoms with E-state index in [1.54, 1.807) is 0 Å². The Kier molecular flexibility index (Phi) is 5.13. The zero-order valence-electron chi connectivity index (χ0n) is 13.2. The van der Waals surface area contributed by atoms with Crippen molar-refractivity contribution in [2.45, 2.75) is 13.5 Å². The van der Waals surface area contributed by atoms with Gasteiger partial charge < -0.3 is 10.6 Å². The van der Waals surface area contributed by atoms with Crippen LogP contribution in [0.25, 0.3) is 0 Å². The van der Waals surface area contributed by atoms with Gasteiger partial charge in [-0.1, -0.05) is 41.9 Å². The highest BCUT2D eigenvalue weighted by molar-refractivity contribution is 7.80. The summed E-state index contributed by atoms with van der Waals surface area (Å²) in [6, 6.07) is 17.6. The van der Waals surface area contributed by atoms with Crippen LogP contribution in [0.1, 0.15) is 11.1 Å². The van der Waals surface area contributed by atoms with Crippen LogP contribution >= 0.6 is 23.8 Å². The van der Waals surface area contributed by atoms with Gasteiger partial charge in [-0.3, -0.25) is 4.68 Å². The summed E-state index contributed by atoms with van der Waals surface area (Å²) in [5, 5.41) is 12.0. The maximum absolute atomic E-state index is 5.90. The van der Waals surface area contributed by atoms with E-state index < -0.39 is 0 Å². The van der Waals surface area contributed by atoms with Crippen LogP contribution in [0.3, 0.4) is 0 Å². The van der Waals surface area contributed by atoms with E-state index in [2.05, 4.69) is 15.7 Å². The molecule has 2 aromatic carbocycles. The third-order valence-corrected chi connectivity index (χ3v) is 3.99. The smallest absolute Gasteiger partial charge is 0.176 e. The minimum Gasteiger partial charge on any atom is -0.332 e. The van der Waals surface area contributed by atoms with Gasteiger partial charge in [0.2, 0.25) is 0 Å². The number of anilines is 2. The summed E-state index contributed by atoms with van der Waals surface area (Å²) in [6.45, 7) is 2.71. The molecule has 0 spiro atoms. The summed E-state index contributed by atoms with van der Waals surface area (Å²) in [6.07, 6.45) is 1.91. The molecule has 0 unspecified atom stereocenters. The fourth-order valence-corrected chi connectivity index (χ4v) is 2.62.